The van der Waals surface area contributed by atoms with E-state index in [0.29, 0.717) is 11.1 Å². The van der Waals surface area contributed by atoms with E-state index in [4.69, 9.17) is 4.74 Å². The summed E-state index contributed by atoms with van der Waals surface area (Å²) in [5.41, 5.74) is 0.968. The summed E-state index contributed by atoms with van der Waals surface area (Å²) < 4.78 is 5.13. The first-order chi connectivity index (χ1) is 6.70. The van der Waals surface area contributed by atoms with Crippen molar-refractivity contribution in [2.75, 3.05) is 0 Å². The van der Waals surface area contributed by atoms with E-state index in [9.17, 15) is 15.3 Å². The van der Waals surface area contributed by atoms with E-state index in [1.165, 1.54) is 6.07 Å². The molecule has 0 radical (unpaired) electrons. The second kappa shape index (κ2) is 2.48. The molecule has 1 aromatic carbocycles. The fourth-order valence-electron chi connectivity index (χ4n) is 2.14. The number of aromatic hydroxyl groups is 1. The van der Waals surface area contributed by atoms with E-state index in [-0.39, 0.29) is 18.0 Å². The molecule has 1 saturated heterocycles. The summed E-state index contributed by atoms with van der Waals surface area (Å²) in [5, 5.41) is 29.1. The summed E-state index contributed by atoms with van der Waals surface area (Å²) in [6, 6.07) is 4.84. The third-order valence-electron chi connectivity index (χ3n) is 2.92. The Hall–Kier alpha value is -1.10. The van der Waals surface area contributed by atoms with Gasteiger partial charge in [0.05, 0.1) is 0 Å². The van der Waals surface area contributed by atoms with Gasteiger partial charge in [-0.25, -0.2) is 0 Å². The van der Waals surface area contributed by atoms with Crippen molar-refractivity contribution in [3.05, 3.63) is 29.3 Å². The number of phenolic OH excluding ortho intramolecular Hbond substituents is 1. The zero-order valence-electron chi connectivity index (χ0n) is 7.29. The minimum absolute atomic E-state index is 0.0167. The lowest BCUT2D eigenvalue weighted by atomic mass is 9.87. The van der Waals surface area contributed by atoms with Crippen LogP contribution in [0.25, 0.3) is 0 Å². The molecular weight excluding hydrogens is 184 g/mol. The third kappa shape index (κ3) is 0.877. The van der Waals surface area contributed by atoms with E-state index >= 15 is 0 Å². The number of fused-ring (bicyclic) bond motifs is 2. The molecule has 4 heteroatoms. The molecule has 14 heavy (non-hydrogen) atoms. The van der Waals surface area contributed by atoms with E-state index < -0.39 is 12.2 Å². The highest BCUT2D eigenvalue weighted by molar-refractivity contribution is 5.46. The highest BCUT2D eigenvalue weighted by Gasteiger charge is 2.55. The van der Waals surface area contributed by atoms with E-state index in [2.05, 4.69) is 0 Å². The summed E-state index contributed by atoms with van der Waals surface area (Å²) >= 11 is 0. The van der Waals surface area contributed by atoms with Gasteiger partial charge in [0.2, 0.25) is 0 Å². The molecule has 2 aliphatic rings. The lowest BCUT2D eigenvalue weighted by molar-refractivity contribution is 0.116. The van der Waals surface area contributed by atoms with Gasteiger partial charge in [0.1, 0.15) is 30.2 Å². The van der Waals surface area contributed by atoms with Crippen molar-refractivity contribution in [2.24, 2.45) is 0 Å². The van der Waals surface area contributed by atoms with Crippen molar-refractivity contribution in [2.45, 2.75) is 24.4 Å². The number of phenols is 1. The van der Waals surface area contributed by atoms with Gasteiger partial charge in [-0.05, 0) is 11.6 Å². The Morgan fingerprint density at radius 3 is 2.57 bits per heavy atom. The molecule has 3 N–H and O–H groups in total. The first-order valence-corrected chi connectivity index (χ1v) is 4.53. The first-order valence-electron chi connectivity index (χ1n) is 4.53. The van der Waals surface area contributed by atoms with Crippen molar-refractivity contribution in [1.82, 2.24) is 0 Å². The Bertz CT molecular complexity index is 390. The molecule has 4 unspecified atom stereocenters. The summed E-state index contributed by atoms with van der Waals surface area (Å²) in [7, 11) is 0. The number of hydrogen-bond acceptors (Lipinski definition) is 4. The molecule has 4 atom stereocenters. The van der Waals surface area contributed by atoms with E-state index in [1.54, 1.807) is 12.1 Å². The Morgan fingerprint density at radius 2 is 1.79 bits per heavy atom. The summed E-state index contributed by atoms with van der Waals surface area (Å²) in [4.78, 5) is 0. The molecule has 0 amide bonds. The number of benzene rings is 1. The van der Waals surface area contributed by atoms with Gasteiger partial charge in [0.25, 0.3) is 0 Å². The maximum atomic E-state index is 9.77. The smallest absolute Gasteiger partial charge is 0.121 e. The Morgan fingerprint density at radius 1 is 1.07 bits per heavy atom. The van der Waals surface area contributed by atoms with Crippen LogP contribution in [0.3, 0.4) is 0 Å². The van der Waals surface area contributed by atoms with Crippen LogP contribution in [0, 0.1) is 0 Å². The third-order valence-corrected chi connectivity index (χ3v) is 2.92. The SMILES string of the molecule is Oc1cccc2c1C(O)C1OC1C2O. The molecule has 1 heterocycles. The van der Waals surface area contributed by atoms with E-state index in [1.807, 2.05) is 0 Å². The maximum Gasteiger partial charge on any atom is 0.121 e. The van der Waals surface area contributed by atoms with Gasteiger partial charge in [-0.3, -0.25) is 0 Å². The Labute approximate surface area is 80.4 Å². The summed E-state index contributed by atoms with van der Waals surface area (Å²) in [6.07, 6.45) is -2.21. The van der Waals surface area contributed by atoms with Crippen LogP contribution in [0.4, 0.5) is 0 Å². The lowest BCUT2D eigenvalue weighted by Gasteiger charge is -2.22. The highest BCUT2D eigenvalue weighted by Crippen LogP contribution is 2.50. The van der Waals surface area contributed by atoms with Gasteiger partial charge in [0.15, 0.2) is 0 Å². The highest BCUT2D eigenvalue weighted by atomic mass is 16.6. The average Bonchev–Trinajstić information content (AvgIpc) is 2.93. The molecule has 1 aliphatic heterocycles. The van der Waals surface area contributed by atoms with Crippen molar-refractivity contribution in [3.63, 3.8) is 0 Å². The fourth-order valence-corrected chi connectivity index (χ4v) is 2.14. The van der Waals surface area contributed by atoms with Crippen LogP contribution in [0.2, 0.25) is 0 Å². The predicted octanol–water partition coefficient (Wildman–Crippen LogP) is 0.240. The summed E-state index contributed by atoms with van der Waals surface area (Å²) in [6.45, 7) is 0. The molecule has 0 spiro atoms. The molecule has 0 saturated carbocycles. The molecule has 0 bridgehead atoms. The van der Waals surface area contributed by atoms with Gasteiger partial charge in [-0.15, -0.1) is 0 Å². The Kier molecular flexibility index (Phi) is 1.45. The lowest BCUT2D eigenvalue weighted by Crippen LogP contribution is -2.22. The largest absolute Gasteiger partial charge is 0.508 e. The zero-order valence-corrected chi connectivity index (χ0v) is 7.29. The number of aliphatic hydroxyl groups is 2. The summed E-state index contributed by atoms with van der Waals surface area (Å²) in [5.74, 6) is 0.0167. The molecule has 4 nitrogen and oxygen atoms in total. The molecule has 1 fully saturated rings. The van der Waals surface area contributed by atoms with Gasteiger partial charge in [0, 0.05) is 5.56 Å². The van der Waals surface area contributed by atoms with Crippen LogP contribution >= 0.6 is 0 Å². The van der Waals surface area contributed by atoms with Gasteiger partial charge in [-0.1, -0.05) is 12.1 Å². The topological polar surface area (TPSA) is 73.2 Å². The zero-order chi connectivity index (χ0) is 9.87. The maximum absolute atomic E-state index is 9.77. The van der Waals surface area contributed by atoms with Crippen LogP contribution in [-0.2, 0) is 4.74 Å². The number of aliphatic hydroxyl groups excluding tert-OH is 2. The Balaban J connectivity index is 2.19. The standard InChI is InChI=1S/C10H10O4/c11-5-3-1-2-4-6(5)8(13)10-9(14-10)7(4)12/h1-3,7-13H. The molecule has 3 rings (SSSR count). The molecular formula is C10H10O4. The predicted molar refractivity (Wildman–Crippen MR) is 46.7 cm³/mol. The van der Waals surface area contributed by atoms with Gasteiger partial charge >= 0.3 is 0 Å². The number of rotatable bonds is 0. The van der Waals surface area contributed by atoms with Crippen LogP contribution < -0.4 is 0 Å². The second-order valence-corrected chi connectivity index (χ2v) is 3.74. The van der Waals surface area contributed by atoms with Crippen LogP contribution in [0.1, 0.15) is 23.3 Å². The normalized spacial score (nSPS) is 38.7. The van der Waals surface area contributed by atoms with Crippen molar-refractivity contribution in [1.29, 1.82) is 0 Å². The molecule has 1 aromatic rings. The van der Waals surface area contributed by atoms with Crippen molar-refractivity contribution < 1.29 is 20.1 Å². The van der Waals surface area contributed by atoms with Crippen molar-refractivity contribution >= 4 is 0 Å². The molecule has 0 aromatic heterocycles. The van der Waals surface area contributed by atoms with E-state index in [0.717, 1.165) is 0 Å². The second-order valence-electron chi connectivity index (χ2n) is 3.74. The van der Waals surface area contributed by atoms with Crippen LogP contribution in [0.15, 0.2) is 18.2 Å². The number of hydrogen-bond donors (Lipinski definition) is 3. The van der Waals surface area contributed by atoms with Gasteiger partial charge in [-0.2, -0.15) is 0 Å². The van der Waals surface area contributed by atoms with Crippen molar-refractivity contribution in [3.8, 4) is 5.75 Å². The van der Waals surface area contributed by atoms with Gasteiger partial charge < -0.3 is 20.1 Å². The fraction of sp³-hybridized carbons (Fsp3) is 0.400. The number of ether oxygens (including phenoxy) is 1. The minimum Gasteiger partial charge on any atom is -0.508 e. The monoisotopic (exact) mass is 194 g/mol. The quantitative estimate of drug-likeness (QED) is 0.517. The van der Waals surface area contributed by atoms with Crippen LogP contribution in [-0.4, -0.2) is 27.5 Å². The molecule has 74 valence electrons. The molecule has 1 aliphatic carbocycles. The minimum atomic E-state index is -0.820. The average molecular weight is 194 g/mol. The number of epoxide rings is 1. The van der Waals surface area contributed by atoms with Crippen LogP contribution in [0.5, 0.6) is 5.75 Å². The first kappa shape index (κ1) is 8.23.